The van der Waals surface area contributed by atoms with Crippen LogP contribution in [-0.2, 0) is 10.0 Å². The third-order valence-corrected chi connectivity index (χ3v) is 9.63. The van der Waals surface area contributed by atoms with Gasteiger partial charge in [0, 0.05) is 35.8 Å². The monoisotopic (exact) mass is 551 g/mol. The molecule has 0 bridgehead atoms. The number of hydrogen-bond acceptors (Lipinski definition) is 6. The summed E-state index contributed by atoms with van der Waals surface area (Å²) in [7, 11) is -3.42. The topological polar surface area (TPSA) is 79.6 Å². The number of benzene rings is 1. The SMILES string of the molecule is O=S(=O)(c1cccs1)N1CCC(Nc2cc(-c3ccccc3Cl)nc3c(Br)cnn23)CC1. The molecule has 0 radical (unpaired) electrons. The van der Waals surface area contributed by atoms with Crippen LogP contribution < -0.4 is 5.32 Å². The maximum absolute atomic E-state index is 12.8. The minimum atomic E-state index is -3.42. The first-order chi connectivity index (χ1) is 15.4. The van der Waals surface area contributed by atoms with Gasteiger partial charge in [-0.1, -0.05) is 35.9 Å². The van der Waals surface area contributed by atoms with Crippen LogP contribution in [0.2, 0.25) is 5.02 Å². The second-order valence-corrected chi connectivity index (χ2v) is 11.9. The Bertz CT molecular complexity index is 1370. The molecule has 5 rings (SSSR count). The fourth-order valence-corrected chi connectivity index (χ4v) is 7.03. The first-order valence-electron chi connectivity index (χ1n) is 10.0. The largest absolute Gasteiger partial charge is 0.367 e. The third-order valence-electron chi connectivity index (χ3n) is 5.47. The number of sulfonamides is 1. The van der Waals surface area contributed by atoms with E-state index in [1.165, 1.54) is 11.3 Å². The van der Waals surface area contributed by atoms with Crippen LogP contribution in [0.3, 0.4) is 0 Å². The molecule has 7 nitrogen and oxygen atoms in total. The van der Waals surface area contributed by atoms with E-state index < -0.39 is 10.0 Å². The van der Waals surface area contributed by atoms with Crippen molar-refractivity contribution in [1.29, 1.82) is 0 Å². The van der Waals surface area contributed by atoms with Gasteiger partial charge in [0.25, 0.3) is 10.0 Å². The first-order valence-corrected chi connectivity index (χ1v) is 13.5. The molecule has 1 aliphatic heterocycles. The van der Waals surface area contributed by atoms with Crippen LogP contribution in [0.15, 0.2) is 62.7 Å². The number of hydrogen-bond donors (Lipinski definition) is 1. The van der Waals surface area contributed by atoms with E-state index >= 15 is 0 Å². The number of halogens is 2. The first kappa shape index (κ1) is 21.8. The zero-order valence-electron chi connectivity index (χ0n) is 16.8. The number of nitrogens with one attached hydrogen (secondary N) is 1. The molecule has 1 aliphatic rings. The van der Waals surface area contributed by atoms with E-state index in [0.717, 1.165) is 21.5 Å². The van der Waals surface area contributed by atoms with Crippen molar-refractivity contribution < 1.29 is 8.42 Å². The summed E-state index contributed by atoms with van der Waals surface area (Å²) in [6.45, 7) is 0.929. The second-order valence-electron chi connectivity index (χ2n) is 7.49. The lowest BCUT2D eigenvalue weighted by Gasteiger charge is -2.31. The maximum atomic E-state index is 12.8. The Hall–Kier alpha value is -1.98. The molecule has 4 heterocycles. The molecule has 1 saturated heterocycles. The van der Waals surface area contributed by atoms with E-state index in [0.29, 0.717) is 40.8 Å². The average Bonchev–Trinajstić information content (AvgIpc) is 3.46. The van der Waals surface area contributed by atoms with E-state index in [1.54, 1.807) is 32.5 Å². The van der Waals surface area contributed by atoms with Gasteiger partial charge in [-0.15, -0.1) is 11.3 Å². The molecule has 11 heteroatoms. The second kappa shape index (κ2) is 8.75. The van der Waals surface area contributed by atoms with E-state index in [2.05, 4.69) is 26.3 Å². The lowest BCUT2D eigenvalue weighted by molar-refractivity contribution is 0.330. The van der Waals surface area contributed by atoms with Crippen LogP contribution >= 0.6 is 38.9 Å². The van der Waals surface area contributed by atoms with Crippen LogP contribution in [0.4, 0.5) is 5.82 Å². The normalized spacial score (nSPS) is 15.9. The van der Waals surface area contributed by atoms with E-state index in [-0.39, 0.29) is 6.04 Å². The number of rotatable bonds is 5. The number of piperidine rings is 1. The van der Waals surface area contributed by atoms with E-state index in [9.17, 15) is 8.42 Å². The van der Waals surface area contributed by atoms with Crippen molar-refractivity contribution in [3.63, 3.8) is 0 Å². The van der Waals surface area contributed by atoms with Gasteiger partial charge in [-0.3, -0.25) is 0 Å². The summed E-state index contributed by atoms with van der Waals surface area (Å²) in [5, 5.41) is 10.4. The predicted molar refractivity (Wildman–Crippen MR) is 131 cm³/mol. The molecular formula is C21H19BrClN5O2S2. The van der Waals surface area contributed by atoms with Crippen molar-refractivity contribution in [3.8, 4) is 11.3 Å². The average molecular weight is 553 g/mol. The van der Waals surface area contributed by atoms with Crippen LogP contribution in [0, 0.1) is 0 Å². The minimum Gasteiger partial charge on any atom is -0.367 e. The molecule has 0 amide bonds. The minimum absolute atomic E-state index is 0.109. The number of thiophene rings is 1. The van der Waals surface area contributed by atoms with Gasteiger partial charge in [-0.25, -0.2) is 13.4 Å². The van der Waals surface area contributed by atoms with Crippen LogP contribution in [0.25, 0.3) is 16.9 Å². The van der Waals surface area contributed by atoms with Gasteiger partial charge in [0.2, 0.25) is 0 Å². The summed E-state index contributed by atoms with van der Waals surface area (Å²) in [5.41, 5.74) is 2.26. The standard InChI is InChI=1S/C21H19BrClN5O2S2/c22-16-13-24-28-19(12-18(26-21(16)28)15-4-1-2-5-17(15)23)25-14-7-9-27(10-8-14)32(29,30)20-6-3-11-31-20/h1-6,11-14,25H,7-10H2. The number of aromatic nitrogens is 3. The Kier molecular flexibility index (Phi) is 5.98. The molecule has 1 N–H and O–H groups in total. The quantitative estimate of drug-likeness (QED) is 0.371. The van der Waals surface area contributed by atoms with E-state index in [1.807, 2.05) is 30.3 Å². The Morgan fingerprint density at radius 3 is 2.66 bits per heavy atom. The van der Waals surface area contributed by atoms with Crippen molar-refractivity contribution >= 4 is 60.4 Å². The highest BCUT2D eigenvalue weighted by Crippen LogP contribution is 2.31. The fourth-order valence-electron chi connectivity index (χ4n) is 3.83. The zero-order valence-corrected chi connectivity index (χ0v) is 20.8. The molecule has 4 aromatic rings. The Morgan fingerprint density at radius 2 is 1.94 bits per heavy atom. The maximum Gasteiger partial charge on any atom is 0.252 e. The fraction of sp³-hybridized carbons (Fsp3) is 0.238. The van der Waals surface area contributed by atoms with Crippen molar-refractivity contribution in [3.05, 3.63) is 63.5 Å². The predicted octanol–water partition coefficient (Wildman–Crippen LogP) is 5.14. The Morgan fingerprint density at radius 1 is 1.16 bits per heavy atom. The van der Waals surface area contributed by atoms with Crippen molar-refractivity contribution in [2.45, 2.75) is 23.1 Å². The Balaban J connectivity index is 1.40. The van der Waals surface area contributed by atoms with E-state index in [4.69, 9.17) is 16.6 Å². The summed E-state index contributed by atoms with van der Waals surface area (Å²) < 4.78 is 30.1. The van der Waals surface area contributed by atoms with Gasteiger partial charge in [0.15, 0.2) is 5.65 Å². The molecule has 1 fully saturated rings. The number of nitrogens with zero attached hydrogens (tertiary/aromatic N) is 4. The van der Waals surface area contributed by atoms with Gasteiger partial charge >= 0.3 is 0 Å². The van der Waals surface area contributed by atoms with Gasteiger partial charge in [0.05, 0.1) is 16.4 Å². The van der Waals surface area contributed by atoms with Crippen LogP contribution in [-0.4, -0.2) is 46.5 Å². The molecule has 0 atom stereocenters. The highest BCUT2D eigenvalue weighted by molar-refractivity contribution is 9.10. The van der Waals surface area contributed by atoms with Gasteiger partial charge in [0.1, 0.15) is 10.0 Å². The lowest BCUT2D eigenvalue weighted by Crippen LogP contribution is -2.42. The van der Waals surface area contributed by atoms with Crippen molar-refractivity contribution in [1.82, 2.24) is 18.9 Å². The van der Waals surface area contributed by atoms with Crippen molar-refractivity contribution in [2.24, 2.45) is 0 Å². The molecular weight excluding hydrogens is 534 g/mol. The number of anilines is 1. The summed E-state index contributed by atoms with van der Waals surface area (Å²) in [6, 6.07) is 13.0. The molecule has 32 heavy (non-hydrogen) atoms. The summed E-state index contributed by atoms with van der Waals surface area (Å²) in [5.74, 6) is 0.787. The molecule has 1 aromatic carbocycles. The molecule has 166 valence electrons. The van der Waals surface area contributed by atoms with Gasteiger partial charge < -0.3 is 5.32 Å². The van der Waals surface area contributed by atoms with Crippen molar-refractivity contribution in [2.75, 3.05) is 18.4 Å². The number of fused-ring (bicyclic) bond motifs is 1. The van der Waals surface area contributed by atoms with Crippen LogP contribution in [0.5, 0.6) is 0 Å². The summed E-state index contributed by atoms with van der Waals surface area (Å²) in [6.07, 6.45) is 3.09. The Labute approximate surface area is 203 Å². The molecule has 0 spiro atoms. The molecule has 3 aromatic heterocycles. The third kappa shape index (κ3) is 4.06. The lowest BCUT2D eigenvalue weighted by atomic mass is 10.1. The molecule has 0 unspecified atom stereocenters. The zero-order chi connectivity index (χ0) is 22.3. The van der Waals surface area contributed by atoms with Gasteiger partial charge in [-0.2, -0.15) is 13.9 Å². The van der Waals surface area contributed by atoms with Crippen LogP contribution in [0.1, 0.15) is 12.8 Å². The summed E-state index contributed by atoms with van der Waals surface area (Å²) in [4.78, 5) is 4.74. The summed E-state index contributed by atoms with van der Waals surface area (Å²) >= 11 is 11.2. The highest BCUT2D eigenvalue weighted by atomic mass is 79.9. The molecule has 0 saturated carbocycles. The molecule has 0 aliphatic carbocycles. The highest BCUT2D eigenvalue weighted by Gasteiger charge is 2.30. The van der Waals surface area contributed by atoms with Gasteiger partial charge in [-0.05, 0) is 46.3 Å². The smallest absolute Gasteiger partial charge is 0.252 e.